The van der Waals surface area contributed by atoms with Crippen LogP contribution in [-0.4, -0.2) is 56.4 Å². The summed E-state index contributed by atoms with van der Waals surface area (Å²) in [6.07, 6.45) is 1.09. The summed E-state index contributed by atoms with van der Waals surface area (Å²) < 4.78 is 22.1. The van der Waals surface area contributed by atoms with E-state index in [0.29, 0.717) is 0 Å². The number of amides is 1. The lowest BCUT2D eigenvalue weighted by molar-refractivity contribution is -0.133. The average molecular weight is 234 g/mol. The number of sulfone groups is 1. The molecule has 88 valence electrons. The first-order chi connectivity index (χ1) is 6.81. The van der Waals surface area contributed by atoms with Gasteiger partial charge in [-0.2, -0.15) is 0 Å². The third-order valence-corrected chi connectivity index (χ3v) is 3.27. The van der Waals surface area contributed by atoms with Crippen molar-refractivity contribution < 1.29 is 13.2 Å². The highest BCUT2D eigenvalue weighted by Crippen LogP contribution is 2.10. The summed E-state index contributed by atoms with van der Waals surface area (Å²) in [7, 11) is -3.23. The van der Waals surface area contributed by atoms with Crippen LogP contribution < -0.4 is 5.32 Å². The van der Waals surface area contributed by atoms with Crippen LogP contribution >= 0.6 is 0 Å². The van der Waals surface area contributed by atoms with Gasteiger partial charge in [-0.05, 0) is 13.8 Å². The van der Waals surface area contributed by atoms with Gasteiger partial charge in [0, 0.05) is 31.4 Å². The van der Waals surface area contributed by atoms with Crippen molar-refractivity contribution in [1.29, 1.82) is 0 Å². The molecule has 0 aromatic heterocycles. The normalized spacial score (nSPS) is 27.8. The van der Waals surface area contributed by atoms with E-state index < -0.39 is 9.84 Å². The number of nitrogens with one attached hydrogen (secondary N) is 1. The molecule has 2 unspecified atom stereocenters. The molecule has 1 saturated heterocycles. The molecule has 1 rings (SSSR count). The molecule has 0 spiro atoms. The molecule has 15 heavy (non-hydrogen) atoms. The number of nitrogens with zero attached hydrogens (tertiary/aromatic N) is 1. The molecular formula is C9H18N2O3S. The molecule has 6 heteroatoms. The molecule has 1 amide bonds. The maximum Gasteiger partial charge on any atom is 0.238 e. The molecule has 1 heterocycles. The molecule has 0 aliphatic carbocycles. The number of carbonyl (C=O) groups excluding carboxylic acids is 1. The van der Waals surface area contributed by atoms with Gasteiger partial charge in [-0.1, -0.05) is 0 Å². The van der Waals surface area contributed by atoms with Gasteiger partial charge in [0.15, 0.2) is 9.84 Å². The largest absolute Gasteiger partial charge is 0.334 e. The van der Waals surface area contributed by atoms with E-state index in [9.17, 15) is 13.2 Å². The molecule has 1 fully saturated rings. The van der Waals surface area contributed by atoms with E-state index in [1.54, 1.807) is 4.90 Å². The molecule has 0 saturated carbocycles. The van der Waals surface area contributed by atoms with Crippen molar-refractivity contribution in [3.05, 3.63) is 0 Å². The Bertz CT molecular complexity index is 329. The first kappa shape index (κ1) is 12.4. The smallest absolute Gasteiger partial charge is 0.238 e. The van der Waals surface area contributed by atoms with Crippen LogP contribution in [0.3, 0.4) is 0 Å². The van der Waals surface area contributed by atoms with Crippen molar-refractivity contribution in [2.75, 3.05) is 25.1 Å². The van der Waals surface area contributed by atoms with Crippen molar-refractivity contribution in [3.63, 3.8) is 0 Å². The predicted octanol–water partition coefficient (Wildman–Crippen LogP) is -0.760. The van der Waals surface area contributed by atoms with E-state index >= 15 is 0 Å². The highest BCUT2D eigenvalue weighted by Gasteiger charge is 2.30. The third kappa shape index (κ3) is 3.46. The predicted molar refractivity (Wildman–Crippen MR) is 58.4 cm³/mol. The zero-order chi connectivity index (χ0) is 11.6. The Hall–Kier alpha value is -0.620. The molecule has 2 atom stereocenters. The lowest BCUT2D eigenvalue weighted by Crippen LogP contribution is -2.58. The minimum atomic E-state index is -3.23. The number of hydrogen-bond acceptors (Lipinski definition) is 4. The molecular weight excluding hydrogens is 216 g/mol. The number of piperazine rings is 1. The Morgan fingerprint density at radius 3 is 2.20 bits per heavy atom. The Kier molecular flexibility index (Phi) is 3.72. The van der Waals surface area contributed by atoms with Crippen LogP contribution in [0.4, 0.5) is 0 Å². The van der Waals surface area contributed by atoms with E-state index in [2.05, 4.69) is 5.32 Å². The minimum Gasteiger partial charge on any atom is -0.334 e. The van der Waals surface area contributed by atoms with E-state index in [0.717, 1.165) is 19.3 Å². The van der Waals surface area contributed by atoms with E-state index in [-0.39, 0.29) is 23.7 Å². The van der Waals surface area contributed by atoms with Crippen LogP contribution in [0.25, 0.3) is 0 Å². The summed E-state index contributed by atoms with van der Waals surface area (Å²) in [6.45, 7) is 5.28. The van der Waals surface area contributed by atoms with Gasteiger partial charge in [-0.25, -0.2) is 8.42 Å². The van der Waals surface area contributed by atoms with E-state index in [4.69, 9.17) is 0 Å². The van der Waals surface area contributed by atoms with Crippen molar-refractivity contribution in [2.45, 2.75) is 25.9 Å². The Labute approximate surface area is 90.7 Å². The van der Waals surface area contributed by atoms with Crippen molar-refractivity contribution in [3.8, 4) is 0 Å². The molecule has 1 aliphatic heterocycles. The van der Waals surface area contributed by atoms with Gasteiger partial charge < -0.3 is 10.2 Å². The van der Waals surface area contributed by atoms with Crippen molar-refractivity contribution in [1.82, 2.24) is 10.2 Å². The number of carbonyl (C=O) groups is 1. The monoisotopic (exact) mass is 234 g/mol. The summed E-state index contributed by atoms with van der Waals surface area (Å²) in [5, 5.41) is 3.19. The van der Waals surface area contributed by atoms with E-state index in [1.807, 2.05) is 13.8 Å². The summed E-state index contributed by atoms with van der Waals surface area (Å²) in [4.78, 5) is 13.4. The fourth-order valence-corrected chi connectivity index (χ4v) is 2.52. The van der Waals surface area contributed by atoms with Gasteiger partial charge in [-0.15, -0.1) is 0 Å². The molecule has 1 N–H and O–H groups in total. The topological polar surface area (TPSA) is 66.5 Å². The second-order valence-electron chi connectivity index (χ2n) is 4.23. The highest BCUT2D eigenvalue weighted by atomic mass is 32.2. The molecule has 0 aromatic carbocycles. The minimum absolute atomic E-state index is 0.0583. The summed E-state index contributed by atoms with van der Waals surface area (Å²) >= 11 is 0. The lowest BCUT2D eigenvalue weighted by atomic mass is 10.1. The van der Waals surface area contributed by atoms with Gasteiger partial charge in [-0.3, -0.25) is 4.79 Å². The number of hydrogen-bond donors (Lipinski definition) is 1. The summed E-state index contributed by atoms with van der Waals surface area (Å²) in [6, 6.07) is 0.117. The van der Waals surface area contributed by atoms with Crippen molar-refractivity contribution >= 4 is 15.7 Å². The van der Waals surface area contributed by atoms with Gasteiger partial charge >= 0.3 is 0 Å². The van der Waals surface area contributed by atoms with Crippen molar-refractivity contribution in [2.24, 2.45) is 0 Å². The van der Waals surface area contributed by atoms with Gasteiger partial charge in [0.1, 0.15) is 5.75 Å². The third-order valence-electron chi connectivity index (χ3n) is 2.50. The fourth-order valence-electron chi connectivity index (χ4n) is 1.92. The Morgan fingerprint density at radius 2 is 1.80 bits per heavy atom. The van der Waals surface area contributed by atoms with Crippen LogP contribution in [-0.2, 0) is 14.6 Å². The average Bonchev–Trinajstić information content (AvgIpc) is 1.99. The van der Waals surface area contributed by atoms with E-state index in [1.165, 1.54) is 0 Å². The summed E-state index contributed by atoms with van der Waals surface area (Å²) in [5.41, 5.74) is 0. The maximum atomic E-state index is 11.8. The SMILES string of the molecule is CC1CNCC(C)N1C(=O)CS(C)(=O)=O. The second kappa shape index (κ2) is 4.49. The molecule has 0 radical (unpaired) electrons. The van der Waals surface area contributed by atoms with Gasteiger partial charge in [0.2, 0.25) is 5.91 Å². The summed E-state index contributed by atoms with van der Waals surface area (Å²) in [5.74, 6) is -0.680. The van der Waals surface area contributed by atoms with Crippen LogP contribution in [0.1, 0.15) is 13.8 Å². The van der Waals surface area contributed by atoms with Crippen LogP contribution in [0.15, 0.2) is 0 Å². The number of rotatable bonds is 2. The van der Waals surface area contributed by atoms with Gasteiger partial charge in [0.05, 0.1) is 0 Å². The fraction of sp³-hybridized carbons (Fsp3) is 0.889. The molecule has 0 bridgehead atoms. The quantitative estimate of drug-likeness (QED) is 0.682. The molecule has 1 aliphatic rings. The zero-order valence-electron chi connectivity index (χ0n) is 9.36. The van der Waals surface area contributed by atoms with Crippen LogP contribution in [0, 0.1) is 0 Å². The van der Waals surface area contributed by atoms with Crippen LogP contribution in [0.5, 0.6) is 0 Å². The molecule has 5 nitrogen and oxygen atoms in total. The zero-order valence-corrected chi connectivity index (χ0v) is 10.2. The van der Waals surface area contributed by atoms with Crippen LogP contribution in [0.2, 0.25) is 0 Å². The maximum absolute atomic E-state index is 11.8. The lowest BCUT2D eigenvalue weighted by Gasteiger charge is -2.39. The Morgan fingerprint density at radius 1 is 1.33 bits per heavy atom. The standard InChI is InChI=1S/C9H18N2O3S/c1-7-4-10-5-8(2)11(7)9(12)6-15(3,13)14/h7-8,10H,4-6H2,1-3H3. The first-order valence-corrected chi connectivity index (χ1v) is 7.07. The first-order valence-electron chi connectivity index (χ1n) is 5.01. The Balaban J connectivity index is 2.72. The molecule has 0 aromatic rings. The highest BCUT2D eigenvalue weighted by molar-refractivity contribution is 7.91. The second-order valence-corrected chi connectivity index (χ2v) is 6.37. The van der Waals surface area contributed by atoms with Gasteiger partial charge in [0.25, 0.3) is 0 Å².